The van der Waals surface area contributed by atoms with Gasteiger partial charge in [-0.25, -0.2) is 0 Å². The second-order valence-electron chi connectivity index (χ2n) is 4.78. The highest BCUT2D eigenvalue weighted by Crippen LogP contribution is 2.38. The van der Waals surface area contributed by atoms with Crippen LogP contribution in [-0.2, 0) is 12.8 Å². The quantitative estimate of drug-likeness (QED) is 0.753. The van der Waals surface area contributed by atoms with Gasteiger partial charge in [-0.2, -0.15) is 17.0 Å². The van der Waals surface area contributed by atoms with Crippen LogP contribution in [0.25, 0.3) is 0 Å². The molecule has 1 aromatic carbocycles. The first-order chi connectivity index (χ1) is 8.29. The fourth-order valence-corrected chi connectivity index (χ4v) is 3.40. The Labute approximate surface area is 108 Å². The standard InChI is InChI=1S/C15H19NS/c1-2-17-10-9-15(12-16)8-7-13-5-3-4-6-14(13)11-15/h3-6H,2,7-11H2,1H3. The van der Waals surface area contributed by atoms with Crippen molar-refractivity contribution in [1.82, 2.24) is 0 Å². The summed E-state index contributed by atoms with van der Waals surface area (Å²) < 4.78 is 0. The largest absolute Gasteiger partial charge is 0.198 e. The lowest BCUT2D eigenvalue weighted by Crippen LogP contribution is -2.28. The highest BCUT2D eigenvalue weighted by Gasteiger charge is 2.33. The van der Waals surface area contributed by atoms with Gasteiger partial charge in [-0.05, 0) is 48.3 Å². The molecule has 1 unspecified atom stereocenters. The Morgan fingerprint density at radius 3 is 2.82 bits per heavy atom. The Bertz CT molecular complexity index is 421. The minimum absolute atomic E-state index is 0.101. The average Bonchev–Trinajstić information content (AvgIpc) is 2.39. The smallest absolute Gasteiger partial charge is 0.0693 e. The highest BCUT2D eigenvalue weighted by molar-refractivity contribution is 7.99. The molecule has 0 spiro atoms. The normalized spacial score (nSPS) is 22.8. The van der Waals surface area contributed by atoms with Crippen LogP contribution in [-0.4, -0.2) is 11.5 Å². The van der Waals surface area contributed by atoms with E-state index in [2.05, 4.69) is 37.3 Å². The molecule has 1 aliphatic rings. The zero-order valence-electron chi connectivity index (χ0n) is 10.4. The molecule has 2 rings (SSSR count). The first kappa shape index (κ1) is 12.5. The molecule has 0 heterocycles. The number of hydrogen-bond donors (Lipinski definition) is 0. The van der Waals surface area contributed by atoms with Gasteiger partial charge in [-0.1, -0.05) is 31.2 Å². The summed E-state index contributed by atoms with van der Waals surface area (Å²) >= 11 is 1.95. The van der Waals surface area contributed by atoms with E-state index in [-0.39, 0.29) is 5.41 Å². The Kier molecular flexibility index (Phi) is 4.12. The van der Waals surface area contributed by atoms with Gasteiger partial charge < -0.3 is 0 Å². The molecule has 0 saturated heterocycles. The SMILES string of the molecule is CCSCCC1(C#N)CCc2ccccc2C1. The van der Waals surface area contributed by atoms with Gasteiger partial charge in [-0.3, -0.25) is 0 Å². The van der Waals surface area contributed by atoms with Crippen LogP contribution in [0.2, 0.25) is 0 Å². The number of aryl methyl sites for hydroxylation is 1. The lowest BCUT2D eigenvalue weighted by atomic mass is 9.71. The maximum absolute atomic E-state index is 9.51. The van der Waals surface area contributed by atoms with Gasteiger partial charge in [0.1, 0.15) is 0 Å². The van der Waals surface area contributed by atoms with Crippen LogP contribution in [0.15, 0.2) is 24.3 Å². The van der Waals surface area contributed by atoms with Crippen LogP contribution >= 0.6 is 11.8 Å². The third-order valence-corrected chi connectivity index (χ3v) is 4.59. The van der Waals surface area contributed by atoms with Gasteiger partial charge >= 0.3 is 0 Å². The minimum atomic E-state index is -0.101. The summed E-state index contributed by atoms with van der Waals surface area (Å²) in [7, 11) is 0. The zero-order chi connectivity index (χ0) is 12.1. The van der Waals surface area contributed by atoms with Crippen LogP contribution in [0.4, 0.5) is 0 Å². The predicted octanol–water partition coefficient (Wildman–Crippen LogP) is 3.83. The van der Waals surface area contributed by atoms with E-state index in [0.717, 1.165) is 37.2 Å². The highest BCUT2D eigenvalue weighted by atomic mass is 32.2. The summed E-state index contributed by atoms with van der Waals surface area (Å²) in [4.78, 5) is 0. The number of thioether (sulfide) groups is 1. The van der Waals surface area contributed by atoms with Crippen molar-refractivity contribution >= 4 is 11.8 Å². The Hall–Kier alpha value is -0.940. The number of nitrogens with zero attached hydrogens (tertiary/aromatic N) is 1. The van der Waals surface area contributed by atoms with Gasteiger partial charge in [0.2, 0.25) is 0 Å². The van der Waals surface area contributed by atoms with Crippen molar-refractivity contribution in [3.8, 4) is 6.07 Å². The second-order valence-corrected chi connectivity index (χ2v) is 6.18. The van der Waals surface area contributed by atoms with Crippen molar-refractivity contribution < 1.29 is 0 Å². The molecule has 90 valence electrons. The zero-order valence-corrected chi connectivity index (χ0v) is 11.2. The molecule has 0 bridgehead atoms. The van der Waals surface area contributed by atoms with Crippen LogP contribution < -0.4 is 0 Å². The molecule has 0 N–H and O–H groups in total. The van der Waals surface area contributed by atoms with E-state index in [1.165, 1.54) is 11.1 Å². The Morgan fingerprint density at radius 1 is 1.35 bits per heavy atom. The molecule has 0 radical (unpaired) electrons. The van der Waals surface area contributed by atoms with Crippen molar-refractivity contribution in [3.63, 3.8) is 0 Å². The van der Waals surface area contributed by atoms with Crippen molar-refractivity contribution in [2.45, 2.75) is 32.6 Å². The molecular weight excluding hydrogens is 226 g/mol. The minimum Gasteiger partial charge on any atom is -0.198 e. The molecule has 0 saturated carbocycles. The summed E-state index contributed by atoms with van der Waals surface area (Å²) in [6, 6.07) is 11.2. The number of fused-ring (bicyclic) bond motifs is 1. The third-order valence-electron chi connectivity index (χ3n) is 3.69. The van der Waals surface area contributed by atoms with Crippen LogP contribution in [0.1, 0.15) is 30.9 Å². The first-order valence-corrected chi connectivity index (χ1v) is 7.51. The van der Waals surface area contributed by atoms with Crippen molar-refractivity contribution in [3.05, 3.63) is 35.4 Å². The maximum atomic E-state index is 9.51. The molecule has 1 atom stereocenters. The van der Waals surface area contributed by atoms with E-state index in [1.54, 1.807) is 0 Å². The van der Waals surface area contributed by atoms with Gasteiger partial charge in [0.15, 0.2) is 0 Å². The summed E-state index contributed by atoms with van der Waals surface area (Å²) in [5.41, 5.74) is 2.74. The van der Waals surface area contributed by atoms with Gasteiger partial charge in [0.25, 0.3) is 0 Å². The summed E-state index contributed by atoms with van der Waals surface area (Å²) in [5, 5.41) is 9.51. The molecule has 0 amide bonds. The molecule has 0 fully saturated rings. The summed E-state index contributed by atoms with van der Waals surface area (Å²) in [6.07, 6.45) is 4.09. The van der Waals surface area contributed by atoms with Crippen LogP contribution in [0.3, 0.4) is 0 Å². The van der Waals surface area contributed by atoms with E-state index in [9.17, 15) is 5.26 Å². The molecule has 2 heteroatoms. The summed E-state index contributed by atoms with van der Waals surface area (Å²) in [6.45, 7) is 2.18. The number of nitriles is 1. The summed E-state index contributed by atoms with van der Waals surface area (Å²) in [5.74, 6) is 2.27. The van der Waals surface area contributed by atoms with Gasteiger partial charge in [-0.15, -0.1) is 0 Å². The van der Waals surface area contributed by atoms with Crippen molar-refractivity contribution in [2.75, 3.05) is 11.5 Å². The maximum Gasteiger partial charge on any atom is 0.0693 e. The first-order valence-electron chi connectivity index (χ1n) is 6.35. The third kappa shape index (κ3) is 2.84. The average molecular weight is 245 g/mol. The van der Waals surface area contributed by atoms with E-state index < -0.39 is 0 Å². The lowest BCUT2D eigenvalue weighted by molar-refractivity contribution is 0.332. The second kappa shape index (κ2) is 5.60. The van der Waals surface area contributed by atoms with Gasteiger partial charge in [0, 0.05) is 0 Å². The van der Waals surface area contributed by atoms with Gasteiger partial charge in [0.05, 0.1) is 11.5 Å². The molecule has 17 heavy (non-hydrogen) atoms. The molecule has 0 aliphatic heterocycles. The fraction of sp³-hybridized carbons (Fsp3) is 0.533. The van der Waals surface area contributed by atoms with E-state index >= 15 is 0 Å². The molecule has 0 aromatic heterocycles. The number of benzene rings is 1. The fourth-order valence-electron chi connectivity index (χ4n) is 2.58. The molecular formula is C15H19NS. The predicted molar refractivity (Wildman–Crippen MR) is 74.1 cm³/mol. The van der Waals surface area contributed by atoms with Crippen LogP contribution in [0, 0.1) is 16.7 Å². The number of hydrogen-bond acceptors (Lipinski definition) is 2. The number of rotatable bonds is 4. The Balaban J connectivity index is 2.10. The van der Waals surface area contributed by atoms with E-state index in [4.69, 9.17) is 0 Å². The van der Waals surface area contributed by atoms with Crippen molar-refractivity contribution in [1.29, 1.82) is 5.26 Å². The van der Waals surface area contributed by atoms with Crippen LogP contribution in [0.5, 0.6) is 0 Å². The lowest BCUT2D eigenvalue weighted by Gasteiger charge is -2.32. The molecule has 1 aromatic rings. The topological polar surface area (TPSA) is 23.8 Å². The molecule has 1 nitrogen and oxygen atoms in total. The Morgan fingerprint density at radius 2 is 2.12 bits per heavy atom. The monoisotopic (exact) mass is 245 g/mol. The van der Waals surface area contributed by atoms with Crippen molar-refractivity contribution in [2.24, 2.45) is 5.41 Å². The van der Waals surface area contributed by atoms with E-state index in [0.29, 0.717) is 0 Å². The van der Waals surface area contributed by atoms with E-state index in [1.807, 2.05) is 11.8 Å². The molecule has 1 aliphatic carbocycles.